The minimum absolute atomic E-state index is 0.172. The molecular formula is C21H22N4O3. The van der Waals surface area contributed by atoms with E-state index < -0.39 is 0 Å². The first-order valence-corrected chi connectivity index (χ1v) is 9.21. The van der Waals surface area contributed by atoms with Crippen molar-refractivity contribution in [3.8, 4) is 5.75 Å². The Kier molecular flexibility index (Phi) is 4.83. The molecule has 0 saturated carbocycles. The van der Waals surface area contributed by atoms with Crippen LogP contribution in [-0.4, -0.2) is 61.8 Å². The van der Waals surface area contributed by atoms with E-state index in [2.05, 4.69) is 27.1 Å². The van der Waals surface area contributed by atoms with Gasteiger partial charge in [0.2, 0.25) is 5.78 Å². The number of pyridine rings is 1. The summed E-state index contributed by atoms with van der Waals surface area (Å²) >= 11 is 0. The van der Waals surface area contributed by atoms with Gasteiger partial charge in [0, 0.05) is 50.2 Å². The molecule has 1 aliphatic carbocycles. The second-order valence-electron chi connectivity index (χ2n) is 6.95. The second-order valence-corrected chi connectivity index (χ2v) is 6.95. The van der Waals surface area contributed by atoms with Gasteiger partial charge in [-0.15, -0.1) is 0 Å². The van der Waals surface area contributed by atoms with Crippen LogP contribution in [0.5, 0.6) is 5.75 Å². The topological polar surface area (TPSA) is 74.8 Å². The number of allylic oxidation sites excluding steroid dienone is 2. The van der Waals surface area contributed by atoms with Gasteiger partial charge in [-0.05, 0) is 31.3 Å². The lowest BCUT2D eigenvalue weighted by atomic mass is 9.97. The Morgan fingerprint density at radius 2 is 1.89 bits per heavy atom. The van der Waals surface area contributed by atoms with E-state index in [9.17, 15) is 9.59 Å². The molecule has 0 amide bonds. The van der Waals surface area contributed by atoms with Crippen LogP contribution in [0.1, 0.15) is 20.8 Å². The minimum Gasteiger partial charge on any atom is -0.494 e. The quantitative estimate of drug-likeness (QED) is 0.874. The minimum atomic E-state index is -0.305. The van der Waals surface area contributed by atoms with E-state index in [1.165, 1.54) is 12.3 Å². The molecule has 0 radical (unpaired) electrons. The van der Waals surface area contributed by atoms with Gasteiger partial charge in [-0.25, -0.2) is 0 Å². The molecule has 7 nitrogen and oxygen atoms in total. The zero-order chi connectivity index (χ0) is 19.7. The molecule has 2 heterocycles. The van der Waals surface area contributed by atoms with Crippen molar-refractivity contribution < 1.29 is 14.3 Å². The van der Waals surface area contributed by atoms with Gasteiger partial charge in [0.1, 0.15) is 11.4 Å². The van der Waals surface area contributed by atoms with Crippen LogP contribution in [0.25, 0.3) is 0 Å². The van der Waals surface area contributed by atoms with Gasteiger partial charge in [-0.3, -0.25) is 14.6 Å². The molecule has 0 bridgehead atoms. The lowest BCUT2D eigenvalue weighted by molar-refractivity contribution is 0.0981. The molecule has 1 N–H and O–H groups in total. The van der Waals surface area contributed by atoms with Crippen LogP contribution in [0.4, 0.5) is 11.4 Å². The molecule has 144 valence electrons. The van der Waals surface area contributed by atoms with E-state index in [0.29, 0.717) is 17.0 Å². The molecular weight excluding hydrogens is 356 g/mol. The second kappa shape index (κ2) is 7.44. The average molecular weight is 378 g/mol. The van der Waals surface area contributed by atoms with E-state index in [4.69, 9.17) is 4.74 Å². The van der Waals surface area contributed by atoms with Gasteiger partial charge in [-0.1, -0.05) is 0 Å². The Hall–Kier alpha value is -3.19. The summed E-state index contributed by atoms with van der Waals surface area (Å²) in [5, 5.41) is 3.06. The van der Waals surface area contributed by atoms with Crippen molar-refractivity contribution in [1.29, 1.82) is 0 Å². The van der Waals surface area contributed by atoms with Crippen LogP contribution in [0.3, 0.4) is 0 Å². The van der Waals surface area contributed by atoms with E-state index in [0.717, 1.165) is 31.9 Å². The molecule has 2 aromatic rings. The number of ketones is 2. The van der Waals surface area contributed by atoms with Gasteiger partial charge in [0.05, 0.1) is 24.1 Å². The van der Waals surface area contributed by atoms with Gasteiger partial charge in [0.25, 0.3) is 0 Å². The third-order valence-electron chi connectivity index (χ3n) is 5.13. The lowest BCUT2D eigenvalue weighted by Gasteiger charge is -2.34. The summed E-state index contributed by atoms with van der Waals surface area (Å²) in [7, 11) is 3.71. The summed E-state index contributed by atoms with van der Waals surface area (Å²) in [6.07, 6.45) is 2.83. The smallest absolute Gasteiger partial charge is 0.228 e. The highest BCUT2D eigenvalue weighted by Crippen LogP contribution is 2.32. The molecule has 0 unspecified atom stereocenters. The molecule has 7 heteroatoms. The average Bonchev–Trinajstić information content (AvgIpc) is 2.72. The van der Waals surface area contributed by atoms with E-state index >= 15 is 0 Å². The predicted molar refractivity (Wildman–Crippen MR) is 107 cm³/mol. The SMILES string of the molecule is COc1cc(N2CCN(C)CC2)ccc1NC1=CC(=O)c2cccnc2C1=O. The van der Waals surface area contributed by atoms with Gasteiger partial charge < -0.3 is 19.9 Å². The maximum absolute atomic E-state index is 12.7. The van der Waals surface area contributed by atoms with E-state index in [-0.39, 0.29) is 23.0 Å². The van der Waals surface area contributed by atoms with Gasteiger partial charge in [0.15, 0.2) is 5.78 Å². The third kappa shape index (κ3) is 3.36. The number of likely N-dealkylation sites (N-methyl/N-ethyl adjacent to an activating group) is 1. The summed E-state index contributed by atoms with van der Waals surface area (Å²) in [4.78, 5) is 33.7. The number of aromatic nitrogens is 1. The normalized spacial score (nSPS) is 17.2. The van der Waals surface area contributed by atoms with Crippen molar-refractivity contribution in [1.82, 2.24) is 9.88 Å². The Labute approximate surface area is 163 Å². The number of hydrogen-bond acceptors (Lipinski definition) is 7. The number of nitrogens with zero attached hydrogens (tertiary/aromatic N) is 3. The molecule has 0 atom stereocenters. The molecule has 2 aliphatic rings. The van der Waals surface area contributed by atoms with Crippen molar-refractivity contribution in [3.05, 3.63) is 59.6 Å². The van der Waals surface area contributed by atoms with Crippen LogP contribution in [0, 0.1) is 0 Å². The number of rotatable bonds is 4. The molecule has 1 aromatic carbocycles. The summed E-state index contributed by atoms with van der Waals surface area (Å²) in [6, 6.07) is 9.09. The molecule has 28 heavy (non-hydrogen) atoms. The van der Waals surface area contributed by atoms with E-state index in [1.54, 1.807) is 19.2 Å². The van der Waals surface area contributed by atoms with Crippen molar-refractivity contribution in [2.24, 2.45) is 0 Å². The first-order valence-electron chi connectivity index (χ1n) is 9.21. The fourth-order valence-electron chi connectivity index (χ4n) is 3.47. The highest BCUT2D eigenvalue weighted by molar-refractivity contribution is 6.24. The van der Waals surface area contributed by atoms with Crippen LogP contribution in [0.15, 0.2) is 48.3 Å². The number of anilines is 2. The Bertz CT molecular complexity index is 962. The highest BCUT2D eigenvalue weighted by atomic mass is 16.5. The summed E-state index contributed by atoms with van der Waals surface area (Å²) in [5.41, 5.74) is 2.40. The number of ether oxygens (including phenoxy) is 1. The van der Waals surface area contributed by atoms with Crippen molar-refractivity contribution >= 4 is 22.9 Å². The fraction of sp³-hybridized carbons (Fsp3) is 0.286. The number of methoxy groups -OCH3 is 1. The number of piperazine rings is 1. The van der Waals surface area contributed by atoms with Crippen molar-refractivity contribution in [3.63, 3.8) is 0 Å². The standard InChI is InChI=1S/C21H22N4O3/c1-24-8-10-25(11-9-24)14-5-6-16(19(12-14)28-2)23-17-13-18(26)15-4-3-7-22-20(15)21(17)27/h3-7,12-13,23H,8-11H2,1-2H3. The van der Waals surface area contributed by atoms with Gasteiger partial charge in [-0.2, -0.15) is 0 Å². The maximum Gasteiger partial charge on any atom is 0.228 e. The number of nitrogens with one attached hydrogen (secondary N) is 1. The number of carbonyl (C=O) groups excluding carboxylic acids is 2. The highest BCUT2D eigenvalue weighted by Gasteiger charge is 2.27. The molecule has 0 spiro atoms. The maximum atomic E-state index is 12.7. The summed E-state index contributed by atoms with van der Waals surface area (Å²) < 4.78 is 5.53. The van der Waals surface area contributed by atoms with Crippen LogP contribution >= 0.6 is 0 Å². The Morgan fingerprint density at radius 1 is 1.11 bits per heavy atom. The molecule has 4 rings (SSSR count). The number of Topliss-reactive ketones (excluding diaryl/α,β-unsaturated/α-hetero) is 1. The summed E-state index contributed by atoms with van der Waals surface area (Å²) in [6.45, 7) is 3.93. The molecule has 1 saturated heterocycles. The van der Waals surface area contributed by atoms with E-state index in [1.807, 2.05) is 18.2 Å². The first kappa shape index (κ1) is 18.2. The number of fused-ring (bicyclic) bond motifs is 1. The fourth-order valence-corrected chi connectivity index (χ4v) is 3.47. The van der Waals surface area contributed by atoms with Crippen LogP contribution in [-0.2, 0) is 0 Å². The van der Waals surface area contributed by atoms with Crippen molar-refractivity contribution in [2.45, 2.75) is 0 Å². The zero-order valence-corrected chi connectivity index (χ0v) is 15.9. The summed E-state index contributed by atoms with van der Waals surface area (Å²) in [5.74, 6) is 0.0722. The number of hydrogen-bond donors (Lipinski definition) is 1. The van der Waals surface area contributed by atoms with Crippen LogP contribution in [0.2, 0.25) is 0 Å². The largest absolute Gasteiger partial charge is 0.494 e. The molecule has 1 fully saturated rings. The number of benzene rings is 1. The van der Waals surface area contributed by atoms with Gasteiger partial charge >= 0.3 is 0 Å². The monoisotopic (exact) mass is 378 g/mol. The predicted octanol–water partition coefficient (Wildman–Crippen LogP) is 2.22. The Morgan fingerprint density at radius 3 is 2.64 bits per heavy atom. The zero-order valence-electron chi connectivity index (χ0n) is 15.9. The molecule has 1 aliphatic heterocycles. The number of carbonyl (C=O) groups is 2. The molecule has 1 aromatic heterocycles. The lowest BCUT2D eigenvalue weighted by Crippen LogP contribution is -2.44. The first-order chi connectivity index (χ1) is 13.6. The van der Waals surface area contributed by atoms with Crippen LogP contribution < -0.4 is 15.0 Å². The van der Waals surface area contributed by atoms with Crippen molar-refractivity contribution in [2.75, 3.05) is 50.6 Å². The third-order valence-corrected chi connectivity index (χ3v) is 5.13. The Balaban J connectivity index is 1.58.